The molecule has 1 aromatic heterocycles. The van der Waals surface area contributed by atoms with E-state index in [1.165, 1.54) is 4.68 Å². The molecule has 0 atom stereocenters. The molecule has 0 unspecified atom stereocenters. The highest BCUT2D eigenvalue weighted by molar-refractivity contribution is 5.95. The number of amides is 2. The van der Waals surface area contributed by atoms with Gasteiger partial charge in [0.15, 0.2) is 17.2 Å². The molecule has 0 aliphatic heterocycles. The molecule has 3 rings (SSSR count). The number of aromatic nitrogens is 2. The van der Waals surface area contributed by atoms with Crippen LogP contribution in [-0.2, 0) is 24.7 Å². The Hall–Kier alpha value is -3.81. The van der Waals surface area contributed by atoms with E-state index in [0.29, 0.717) is 43.1 Å². The first-order valence-corrected chi connectivity index (χ1v) is 10.4. The Kier molecular flexibility index (Phi) is 7.85. The summed E-state index contributed by atoms with van der Waals surface area (Å²) in [7, 11) is 4.86. The van der Waals surface area contributed by atoms with Gasteiger partial charge in [-0.3, -0.25) is 14.3 Å². The third kappa shape index (κ3) is 6.10. The number of ether oxygens (including phenoxy) is 2. The summed E-state index contributed by atoms with van der Waals surface area (Å²) in [5.74, 6) is 1.36. The van der Waals surface area contributed by atoms with Gasteiger partial charge in [-0.2, -0.15) is 5.10 Å². The molecule has 0 saturated heterocycles. The fraction of sp³-hybridized carbons (Fsp3) is 0.292. The molecular weight excluding hydrogens is 408 g/mol. The molecule has 0 bridgehead atoms. The van der Waals surface area contributed by atoms with Gasteiger partial charge in [-0.05, 0) is 36.1 Å². The Morgan fingerprint density at radius 2 is 1.69 bits per heavy atom. The summed E-state index contributed by atoms with van der Waals surface area (Å²) in [6.07, 6.45) is 1.62. The molecule has 1 heterocycles. The summed E-state index contributed by atoms with van der Waals surface area (Å²) in [6.45, 7) is 0.434. The van der Waals surface area contributed by atoms with Crippen molar-refractivity contribution >= 4 is 17.6 Å². The van der Waals surface area contributed by atoms with Crippen molar-refractivity contribution in [3.8, 4) is 11.5 Å². The van der Waals surface area contributed by atoms with Crippen molar-refractivity contribution in [2.24, 2.45) is 7.05 Å². The van der Waals surface area contributed by atoms with E-state index in [2.05, 4.69) is 15.7 Å². The van der Waals surface area contributed by atoms with Crippen LogP contribution in [0.4, 0.5) is 5.82 Å². The van der Waals surface area contributed by atoms with Crippen molar-refractivity contribution in [1.82, 2.24) is 15.1 Å². The zero-order valence-corrected chi connectivity index (χ0v) is 18.6. The highest BCUT2D eigenvalue weighted by atomic mass is 16.5. The van der Waals surface area contributed by atoms with Crippen molar-refractivity contribution in [1.29, 1.82) is 0 Å². The third-order valence-corrected chi connectivity index (χ3v) is 5.01. The Labute approximate surface area is 187 Å². The number of aryl methyl sites for hydroxylation is 2. The van der Waals surface area contributed by atoms with Gasteiger partial charge in [-0.1, -0.05) is 36.4 Å². The molecule has 168 valence electrons. The van der Waals surface area contributed by atoms with E-state index in [1.54, 1.807) is 27.3 Å². The van der Waals surface area contributed by atoms with Crippen molar-refractivity contribution in [3.63, 3.8) is 0 Å². The first kappa shape index (κ1) is 22.9. The van der Waals surface area contributed by atoms with Gasteiger partial charge >= 0.3 is 0 Å². The fourth-order valence-electron chi connectivity index (χ4n) is 3.25. The maximum Gasteiger partial charge on any atom is 0.271 e. The average Bonchev–Trinajstić information content (AvgIpc) is 3.18. The molecule has 2 N–H and O–H groups in total. The van der Waals surface area contributed by atoms with Crippen LogP contribution in [0.3, 0.4) is 0 Å². The van der Waals surface area contributed by atoms with E-state index in [-0.39, 0.29) is 17.5 Å². The first-order chi connectivity index (χ1) is 15.5. The number of hydrogen-bond donors (Lipinski definition) is 2. The number of hydrogen-bond acceptors (Lipinski definition) is 5. The minimum Gasteiger partial charge on any atom is -0.493 e. The standard InChI is InChI=1S/C24H28N4O4/c1-28-22(26-23(29)12-10-17-7-5-4-6-8-17)16-19(27-28)24(30)25-14-13-18-9-11-20(31-2)21(15-18)32-3/h4-9,11,15-16H,10,12-14H2,1-3H3,(H,25,30)(H,26,29). The van der Waals surface area contributed by atoms with Gasteiger partial charge < -0.3 is 20.1 Å². The Morgan fingerprint density at radius 1 is 0.938 bits per heavy atom. The zero-order chi connectivity index (χ0) is 22.9. The van der Waals surface area contributed by atoms with Crippen molar-refractivity contribution < 1.29 is 19.1 Å². The monoisotopic (exact) mass is 436 g/mol. The third-order valence-electron chi connectivity index (χ3n) is 5.01. The van der Waals surface area contributed by atoms with Crippen molar-refractivity contribution in [2.75, 3.05) is 26.1 Å². The molecule has 0 spiro atoms. The Bertz CT molecular complexity index is 1060. The van der Waals surface area contributed by atoms with Crippen LogP contribution in [0.1, 0.15) is 28.0 Å². The average molecular weight is 437 g/mol. The number of nitrogens with zero attached hydrogens (tertiary/aromatic N) is 2. The Balaban J connectivity index is 1.50. The summed E-state index contributed by atoms with van der Waals surface area (Å²) < 4.78 is 12.0. The van der Waals surface area contributed by atoms with Crippen LogP contribution in [0, 0.1) is 0 Å². The summed E-state index contributed by atoms with van der Waals surface area (Å²) in [5.41, 5.74) is 2.36. The number of carbonyl (C=O) groups is 2. The van der Waals surface area contributed by atoms with Gasteiger partial charge in [0.1, 0.15) is 5.82 Å². The summed E-state index contributed by atoms with van der Waals surface area (Å²) in [4.78, 5) is 24.7. The lowest BCUT2D eigenvalue weighted by atomic mass is 10.1. The SMILES string of the molecule is COc1ccc(CCNC(=O)c2cc(NC(=O)CCc3ccccc3)n(C)n2)cc1OC. The molecule has 0 radical (unpaired) electrons. The highest BCUT2D eigenvalue weighted by Crippen LogP contribution is 2.27. The molecule has 32 heavy (non-hydrogen) atoms. The van der Waals surface area contributed by atoms with E-state index < -0.39 is 0 Å². The minimum atomic E-state index is -0.300. The second kappa shape index (κ2) is 11.0. The number of methoxy groups -OCH3 is 2. The van der Waals surface area contributed by atoms with Gasteiger partial charge in [-0.25, -0.2) is 0 Å². The number of nitrogens with one attached hydrogen (secondary N) is 2. The molecule has 0 saturated carbocycles. The van der Waals surface area contributed by atoms with Crippen LogP contribution in [-0.4, -0.2) is 42.4 Å². The number of carbonyl (C=O) groups excluding carboxylic acids is 2. The van der Waals surface area contributed by atoms with Crippen LogP contribution in [0.15, 0.2) is 54.6 Å². The maximum absolute atomic E-state index is 12.5. The smallest absolute Gasteiger partial charge is 0.271 e. The molecule has 0 fully saturated rings. The van der Waals surface area contributed by atoms with E-state index in [0.717, 1.165) is 11.1 Å². The molecular formula is C24H28N4O4. The molecule has 8 heteroatoms. The molecule has 2 aromatic carbocycles. The molecule has 2 amide bonds. The van der Waals surface area contributed by atoms with Crippen LogP contribution in [0.5, 0.6) is 11.5 Å². The predicted molar refractivity (Wildman–Crippen MR) is 122 cm³/mol. The first-order valence-electron chi connectivity index (χ1n) is 10.4. The lowest BCUT2D eigenvalue weighted by Crippen LogP contribution is -2.26. The van der Waals surface area contributed by atoms with Crippen LogP contribution in [0.25, 0.3) is 0 Å². The molecule has 3 aromatic rings. The quantitative estimate of drug-likeness (QED) is 0.510. The fourth-order valence-corrected chi connectivity index (χ4v) is 3.25. The minimum absolute atomic E-state index is 0.128. The van der Waals surface area contributed by atoms with E-state index in [9.17, 15) is 9.59 Å². The lowest BCUT2D eigenvalue weighted by Gasteiger charge is -2.09. The van der Waals surface area contributed by atoms with E-state index >= 15 is 0 Å². The topological polar surface area (TPSA) is 94.5 Å². The van der Waals surface area contributed by atoms with Crippen LogP contribution in [0.2, 0.25) is 0 Å². The summed E-state index contributed by atoms with van der Waals surface area (Å²) in [6, 6.07) is 17.0. The van der Waals surface area contributed by atoms with Crippen LogP contribution >= 0.6 is 0 Å². The number of anilines is 1. The second-order valence-corrected chi connectivity index (χ2v) is 7.27. The second-order valence-electron chi connectivity index (χ2n) is 7.27. The summed E-state index contributed by atoms with van der Waals surface area (Å²) >= 11 is 0. The van der Waals surface area contributed by atoms with Crippen LogP contribution < -0.4 is 20.1 Å². The number of rotatable bonds is 10. The largest absolute Gasteiger partial charge is 0.493 e. The molecule has 8 nitrogen and oxygen atoms in total. The zero-order valence-electron chi connectivity index (χ0n) is 18.6. The van der Waals surface area contributed by atoms with Gasteiger partial charge in [0.05, 0.1) is 14.2 Å². The van der Waals surface area contributed by atoms with E-state index in [4.69, 9.17) is 9.47 Å². The molecule has 0 aliphatic rings. The summed E-state index contributed by atoms with van der Waals surface area (Å²) in [5, 5.41) is 9.88. The van der Waals surface area contributed by atoms with Crippen molar-refractivity contribution in [2.45, 2.75) is 19.3 Å². The van der Waals surface area contributed by atoms with Gasteiger partial charge in [-0.15, -0.1) is 0 Å². The Morgan fingerprint density at radius 3 is 2.41 bits per heavy atom. The lowest BCUT2D eigenvalue weighted by molar-refractivity contribution is -0.116. The van der Waals surface area contributed by atoms with Crippen molar-refractivity contribution in [3.05, 3.63) is 71.4 Å². The normalized spacial score (nSPS) is 10.5. The van der Waals surface area contributed by atoms with E-state index in [1.807, 2.05) is 48.5 Å². The van der Waals surface area contributed by atoms with Gasteiger partial charge in [0.25, 0.3) is 5.91 Å². The highest BCUT2D eigenvalue weighted by Gasteiger charge is 2.14. The van der Waals surface area contributed by atoms with Gasteiger partial charge in [0.2, 0.25) is 5.91 Å². The predicted octanol–water partition coefficient (Wildman–Crippen LogP) is 2.98. The maximum atomic E-state index is 12.5. The number of benzene rings is 2. The molecule has 0 aliphatic carbocycles. The van der Waals surface area contributed by atoms with Gasteiger partial charge in [0, 0.05) is 26.1 Å².